The van der Waals surface area contributed by atoms with E-state index in [-0.39, 0.29) is 12.1 Å². The highest BCUT2D eigenvalue weighted by molar-refractivity contribution is 5.73. The van der Waals surface area contributed by atoms with Crippen molar-refractivity contribution in [1.82, 2.24) is 20.8 Å². The Morgan fingerprint density at radius 1 is 1.25 bits per heavy atom. The Balaban J connectivity index is 1.36. The molecular formula is C17H22N4O3. The first-order valence-electron chi connectivity index (χ1n) is 8.13. The summed E-state index contributed by atoms with van der Waals surface area (Å²) in [6, 6.07) is 9.31. The molecule has 2 heterocycles. The van der Waals surface area contributed by atoms with E-state index in [0.29, 0.717) is 19.7 Å². The van der Waals surface area contributed by atoms with E-state index in [4.69, 9.17) is 9.47 Å². The van der Waals surface area contributed by atoms with Crippen LogP contribution in [0.25, 0.3) is 0 Å². The summed E-state index contributed by atoms with van der Waals surface area (Å²) in [5.41, 5.74) is 1.87. The van der Waals surface area contributed by atoms with Crippen molar-refractivity contribution in [2.24, 2.45) is 0 Å². The first-order valence-corrected chi connectivity index (χ1v) is 8.13. The van der Waals surface area contributed by atoms with Crippen molar-refractivity contribution in [3.63, 3.8) is 0 Å². The number of hydrogen-bond acceptors (Lipinski definition) is 4. The molecule has 3 rings (SSSR count). The van der Waals surface area contributed by atoms with Crippen LogP contribution < -0.4 is 15.4 Å². The average molecular weight is 330 g/mol. The zero-order chi connectivity index (χ0) is 16.6. The molecule has 1 aliphatic rings. The quantitative estimate of drug-likeness (QED) is 0.724. The van der Waals surface area contributed by atoms with Crippen molar-refractivity contribution >= 4 is 6.03 Å². The highest BCUT2D eigenvalue weighted by Crippen LogP contribution is 2.16. The molecule has 1 atom stereocenters. The summed E-state index contributed by atoms with van der Waals surface area (Å²) < 4.78 is 11.2. The van der Waals surface area contributed by atoms with Gasteiger partial charge in [0.15, 0.2) is 0 Å². The van der Waals surface area contributed by atoms with Crippen LogP contribution in [-0.2, 0) is 17.8 Å². The topological polar surface area (TPSA) is 88.3 Å². The lowest BCUT2D eigenvalue weighted by Crippen LogP contribution is -2.34. The molecule has 128 valence electrons. The third-order valence-electron chi connectivity index (χ3n) is 3.83. The van der Waals surface area contributed by atoms with Crippen LogP contribution in [0.2, 0.25) is 0 Å². The molecule has 1 fully saturated rings. The summed E-state index contributed by atoms with van der Waals surface area (Å²) in [7, 11) is 0. The minimum Gasteiger partial charge on any atom is -0.491 e. The van der Waals surface area contributed by atoms with Gasteiger partial charge < -0.3 is 20.1 Å². The second-order valence-electron chi connectivity index (χ2n) is 5.71. The number of carbonyl (C=O) groups excluding carboxylic acids is 1. The number of carbonyl (C=O) groups is 1. The standard InChI is InChI=1S/C17H22N4O3/c22-17(19-11-14-7-8-20-21-14)18-10-13-3-5-15(6-4-13)24-12-16-2-1-9-23-16/h3-8,16H,1-2,9-12H2,(H,20,21)(H2,18,19,22)/t16-/m0/s1. The number of hydrogen-bond donors (Lipinski definition) is 3. The van der Waals surface area contributed by atoms with E-state index in [1.165, 1.54) is 0 Å². The number of amides is 2. The van der Waals surface area contributed by atoms with Gasteiger partial charge in [0.05, 0.1) is 18.3 Å². The van der Waals surface area contributed by atoms with Gasteiger partial charge in [-0.3, -0.25) is 5.10 Å². The molecular weight excluding hydrogens is 308 g/mol. The van der Waals surface area contributed by atoms with E-state index in [0.717, 1.165) is 36.5 Å². The van der Waals surface area contributed by atoms with Crippen molar-refractivity contribution < 1.29 is 14.3 Å². The van der Waals surface area contributed by atoms with Crippen LogP contribution in [0.3, 0.4) is 0 Å². The Bertz CT molecular complexity index is 622. The lowest BCUT2D eigenvalue weighted by molar-refractivity contribution is 0.0679. The van der Waals surface area contributed by atoms with Gasteiger partial charge in [0.25, 0.3) is 0 Å². The van der Waals surface area contributed by atoms with Crippen LogP contribution >= 0.6 is 0 Å². The second kappa shape index (κ2) is 8.35. The van der Waals surface area contributed by atoms with E-state index in [1.807, 2.05) is 30.3 Å². The van der Waals surface area contributed by atoms with E-state index in [9.17, 15) is 4.79 Å². The summed E-state index contributed by atoms with van der Waals surface area (Å²) in [5.74, 6) is 0.818. The number of rotatable bonds is 7. The number of aromatic nitrogens is 2. The van der Waals surface area contributed by atoms with E-state index >= 15 is 0 Å². The molecule has 1 aliphatic heterocycles. The monoisotopic (exact) mass is 330 g/mol. The predicted molar refractivity (Wildman–Crippen MR) is 88.6 cm³/mol. The molecule has 0 spiro atoms. The maximum absolute atomic E-state index is 11.7. The number of aromatic amines is 1. The van der Waals surface area contributed by atoms with Gasteiger partial charge in [-0.15, -0.1) is 0 Å². The molecule has 0 saturated carbocycles. The molecule has 0 radical (unpaired) electrons. The van der Waals surface area contributed by atoms with Crippen LogP contribution in [-0.4, -0.2) is 35.5 Å². The third-order valence-corrected chi connectivity index (χ3v) is 3.83. The molecule has 2 aromatic rings. The summed E-state index contributed by atoms with van der Waals surface area (Å²) in [6.07, 6.45) is 4.04. The predicted octanol–water partition coefficient (Wildman–Crippen LogP) is 1.97. The van der Waals surface area contributed by atoms with Crippen LogP contribution in [0, 0.1) is 0 Å². The Morgan fingerprint density at radius 3 is 2.79 bits per heavy atom. The Kier molecular flexibility index (Phi) is 5.68. The molecule has 1 aromatic carbocycles. The fourth-order valence-electron chi connectivity index (χ4n) is 2.47. The van der Waals surface area contributed by atoms with Crippen molar-refractivity contribution in [2.75, 3.05) is 13.2 Å². The fraction of sp³-hybridized carbons (Fsp3) is 0.412. The summed E-state index contributed by atoms with van der Waals surface area (Å²) in [5, 5.41) is 12.2. The second-order valence-corrected chi connectivity index (χ2v) is 5.71. The van der Waals surface area contributed by atoms with Gasteiger partial charge >= 0.3 is 6.03 Å². The summed E-state index contributed by atoms with van der Waals surface area (Å²) in [6.45, 7) is 2.30. The summed E-state index contributed by atoms with van der Waals surface area (Å²) in [4.78, 5) is 11.7. The largest absolute Gasteiger partial charge is 0.491 e. The van der Waals surface area contributed by atoms with Crippen LogP contribution in [0.1, 0.15) is 24.1 Å². The maximum atomic E-state index is 11.7. The minimum absolute atomic E-state index is 0.213. The maximum Gasteiger partial charge on any atom is 0.315 e. The number of nitrogens with zero attached hydrogens (tertiary/aromatic N) is 1. The highest BCUT2D eigenvalue weighted by atomic mass is 16.5. The van der Waals surface area contributed by atoms with Gasteiger partial charge in [0, 0.05) is 19.3 Å². The molecule has 3 N–H and O–H groups in total. The zero-order valence-corrected chi connectivity index (χ0v) is 13.5. The van der Waals surface area contributed by atoms with Crippen molar-refractivity contribution in [3.05, 3.63) is 47.8 Å². The molecule has 0 aliphatic carbocycles. The van der Waals surface area contributed by atoms with E-state index in [1.54, 1.807) is 6.20 Å². The fourth-order valence-corrected chi connectivity index (χ4v) is 2.47. The molecule has 7 nitrogen and oxygen atoms in total. The zero-order valence-electron chi connectivity index (χ0n) is 13.5. The Morgan fingerprint density at radius 2 is 2.08 bits per heavy atom. The van der Waals surface area contributed by atoms with E-state index in [2.05, 4.69) is 20.8 Å². The SMILES string of the molecule is O=C(NCc1ccc(OC[C@@H]2CCCO2)cc1)NCc1ccn[nH]1. The number of benzene rings is 1. The van der Waals surface area contributed by atoms with Gasteiger partial charge in [-0.05, 0) is 36.6 Å². The van der Waals surface area contributed by atoms with Crippen LogP contribution in [0.4, 0.5) is 4.79 Å². The van der Waals surface area contributed by atoms with Crippen molar-refractivity contribution in [3.8, 4) is 5.75 Å². The Hall–Kier alpha value is -2.54. The molecule has 2 amide bonds. The van der Waals surface area contributed by atoms with Gasteiger partial charge in [-0.25, -0.2) is 4.79 Å². The molecule has 1 saturated heterocycles. The third kappa shape index (κ3) is 4.99. The van der Waals surface area contributed by atoms with Gasteiger partial charge in [-0.1, -0.05) is 12.1 Å². The lowest BCUT2D eigenvalue weighted by Gasteiger charge is -2.12. The lowest BCUT2D eigenvalue weighted by atomic mass is 10.2. The first-order chi connectivity index (χ1) is 11.8. The van der Waals surface area contributed by atoms with Gasteiger partial charge in [-0.2, -0.15) is 5.10 Å². The number of urea groups is 1. The molecule has 7 heteroatoms. The molecule has 1 aromatic heterocycles. The van der Waals surface area contributed by atoms with Gasteiger partial charge in [0.2, 0.25) is 0 Å². The normalized spacial score (nSPS) is 16.8. The first kappa shape index (κ1) is 16.3. The van der Waals surface area contributed by atoms with Crippen molar-refractivity contribution in [1.29, 1.82) is 0 Å². The van der Waals surface area contributed by atoms with Crippen LogP contribution in [0.15, 0.2) is 36.5 Å². The number of nitrogens with one attached hydrogen (secondary N) is 3. The van der Waals surface area contributed by atoms with Gasteiger partial charge in [0.1, 0.15) is 12.4 Å². The molecule has 24 heavy (non-hydrogen) atoms. The van der Waals surface area contributed by atoms with E-state index < -0.39 is 0 Å². The Labute approximate surface area is 140 Å². The highest BCUT2D eigenvalue weighted by Gasteiger charge is 2.15. The molecule has 0 bridgehead atoms. The summed E-state index contributed by atoms with van der Waals surface area (Å²) >= 11 is 0. The smallest absolute Gasteiger partial charge is 0.315 e. The molecule has 0 unspecified atom stereocenters. The van der Waals surface area contributed by atoms with Crippen molar-refractivity contribution in [2.45, 2.75) is 32.0 Å². The average Bonchev–Trinajstić information content (AvgIpc) is 3.30. The number of H-pyrrole nitrogens is 1. The minimum atomic E-state index is -0.219. The number of ether oxygens (including phenoxy) is 2. The van der Waals surface area contributed by atoms with Crippen LogP contribution in [0.5, 0.6) is 5.75 Å².